The molecule has 1 rings (SSSR count). The van der Waals surface area contributed by atoms with E-state index in [0.29, 0.717) is 6.54 Å². The van der Waals surface area contributed by atoms with Gasteiger partial charge in [0, 0.05) is 25.3 Å². The molecule has 0 aliphatic rings. The molecule has 1 atom stereocenters. The highest BCUT2D eigenvalue weighted by Gasteiger charge is 2.08. The number of aliphatic hydroxyl groups is 1. The van der Waals surface area contributed by atoms with Crippen molar-refractivity contribution >= 4 is 0 Å². The van der Waals surface area contributed by atoms with Gasteiger partial charge in [0.05, 0.1) is 11.8 Å². The largest absolute Gasteiger partial charge is 0.390 e. The Morgan fingerprint density at radius 2 is 2.05 bits per heavy atom. The van der Waals surface area contributed by atoms with Gasteiger partial charge in [-0.3, -0.25) is 4.68 Å². The van der Waals surface area contributed by atoms with Gasteiger partial charge in [-0.15, -0.1) is 0 Å². The fourth-order valence-corrected chi connectivity index (χ4v) is 2.37. The highest BCUT2D eigenvalue weighted by molar-refractivity contribution is 5.06. The van der Waals surface area contributed by atoms with Crippen molar-refractivity contribution in [3.63, 3.8) is 0 Å². The normalized spacial score (nSPS) is 13.1. The summed E-state index contributed by atoms with van der Waals surface area (Å²) in [6, 6.07) is 2.10. The van der Waals surface area contributed by atoms with E-state index in [2.05, 4.69) is 42.2 Å². The van der Waals surface area contributed by atoms with E-state index in [0.717, 1.165) is 44.8 Å². The molecule has 1 aromatic heterocycles. The maximum atomic E-state index is 9.92. The van der Waals surface area contributed by atoms with E-state index in [1.165, 1.54) is 5.69 Å². The monoisotopic (exact) mass is 282 g/mol. The van der Waals surface area contributed by atoms with E-state index in [-0.39, 0.29) is 6.10 Å². The quantitative estimate of drug-likeness (QED) is 0.633. The number of rotatable bonds is 10. The van der Waals surface area contributed by atoms with Gasteiger partial charge in [-0.2, -0.15) is 5.10 Å². The van der Waals surface area contributed by atoms with Gasteiger partial charge in [0.25, 0.3) is 0 Å². The third-order valence-electron chi connectivity index (χ3n) is 3.57. The summed E-state index contributed by atoms with van der Waals surface area (Å²) in [6.07, 6.45) is 0.739. The molecule has 1 unspecified atom stereocenters. The first-order valence-corrected chi connectivity index (χ1v) is 7.69. The highest BCUT2D eigenvalue weighted by atomic mass is 16.3. The lowest BCUT2D eigenvalue weighted by molar-refractivity contribution is 0.117. The molecule has 0 aliphatic carbocycles. The van der Waals surface area contributed by atoms with Crippen LogP contribution in [0.2, 0.25) is 0 Å². The molecule has 0 bridgehead atoms. The molecule has 20 heavy (non-hydrogen) atoms. The lowest BCUT2D eigenvalue weighted by atomic mass is 10.3. The standard InChI is InChI=1S/C15H30N4O/c1-5-18(6-2)12-15(20)11-16-8-7-9-19-14(4)10-13(3)17-19/h10,15-16,20H,5-9,11-12H2,1-4H3. The van der Waals surface area contributed by atoms with Gasteiger partial charge in [0.1, 0.15) is 0 Å². The Morgan fingerprint density at radius 3 is 2.60 bits per heavy atom. The average Bonchev–Trinajstić information content (AvgIpc) is 2.74. The number of aromatic nitrogens is 2. The van der Waals surface area contributed by atoms with E-state index in [4.69, 9.17) is 0 Å². The maximum absolute atomic E-state index is 9.92. The second kappa shape index (κ2) is 9.10. The van der Waals surface area contributed by atoms with Crippen LogP contribution < -0.4 is 5.32 Å². The van der Waals surface area contributed by atoms with Crippen LogP contribution in [0.4, 0.5) is 0 Å². The minimum Gasteiger partial charge on any atom is -0.390 e. The lowest BCUT2D eigenvalue weighted by Crippen LogP contribution is -2.38. The molecule has 0 spiro atoms. The Bertz CT molecular complexity index is 374. The number of hydrogen-bond donors (Lipinski definition) is 2. The van der Waals surface area contributed by atoms with Crippen LogP contribution in [0.1, 0.15) is 31.7 Å². The van der Waals surface area contributed by atoms with Crippen LogP contribution in [0.15, 0.2) is 6.07 Å². The van der Waals surface area contributed by atoms with Gasteiger partial charge in [-0.25, -0.2) is 0 Å². The Balaban J connectivity index is 2.11. The van der Waals surface area contributed by atoms with Gasteiger partial charge >= 0.3 is 0 Å². The molecule has 116 valence electrons. The fourth-order valence-electron chi connectivity index (χ4n) is 2.37. The Labute approximate surface area is 123 Å². The number of likely N-dealkylation sites (N-methyl/N-ethyl adjacent to an activating group) is 1. The Morgan fingerprint density at radius 1 is 1.35 bits per heavy atom. The molecule has 1 heterocycles. The molecule has 5 nitrogen and oxygen atoms in total. The molecule has 0 aliphatic heterocycles. The van der Waals surface area contributed by atoms with Gasteiger partial charge in [-0.05, 0) is 46.0 Å². The van der Waals surface area contributed by atoms with Crippen molar-refractivity contribution in [2.24, 2.45) is 0 Å². The minimum atomic E-state index is -0.288. The molecule has 0 fully saturated rings. The third-order valence-corrected chi connectivity index (χ3v) is 3.57. The van der Waals surface area contributed by atoms with Gasteiger partial charge < -0.3 is 15.3 Å². The summed E-state index contributed by atoms with van der Waals surface area (Å²) in [4.78, 5) is 2.24. The lowest BCUT2D eigenvalue weighted by Gasteiger charge is -2.22. The zero-order chi connectivity index (χ0) is 15.0. The smallest absolute Gasteiger partial charge is 0.0791 e. The average molecular weight is 282 g/mol. The minimum absolute atomic E-state index is 0.288. The van der Waals surface area contributed by atoms with Crippen molar-refractivity contribution in [1.82, 2.24) is 20.0 Å². The fraction of sp³-hybridized carbons (Fsp3) is 0.800. The third kappa shape index (κ3) is 6.03. The SMILES string of the molecule is CCN(CC)CC(O)CNCCCn1nc(C)cc1C. The van der Waals surface area contributed by atoms with Crippen molar-refractivity contribution in [1.29, 1.82) is 0 Å². The molecular weight excluding hydrogens is 252 g/mol. The Hall–Kier alpha value is -0.910. The summed E-state index contributed by atoms with van der Waals surface area (Å²) < 4.78 is 2.04. The van der Waals surface area contributed by atoms with Crippen LogP contribution in [0.5, 0.6) is 0 Å². The van der Waals surface area contributed by atoms with E-state index in [9.17, 15) is 5.11 Å². The number of hydrogen-bond acceptors (Lipinski definition) is 4. The topological polar surface area (TPSA) is 53.3 Å². The second-order valence-corrected chi connectivity index (χ2v) is 5.35. The van der Waals surface area contributed by atoms with E-state index in [1.807, 2.05) is 11.6 Å². The summed E-state index contributed by atoms with van der Waals surface area (Å²) >= 11 is 0. The molecule has 1 aromatic rings. The van der Waals surface area contributed by atoms with Crippen LogP contribution >= 0.6 is 0 Å². The molecule has 0 radical (unpaired) electrons. The van der Waals surface area contributed by atoms with Gasteiger partial charge in [-0.1, -0.05) is 13.8 Å². The highest BCUT2D eigenvalue weighted by Crippen LogP contribution is 2.02. The van der Waals surface area contributed by atoms with Crippen molar-refractivity contribution in [3.8, 4) is 0 Å². The molecule has 0 amide bonds. The predicted octanol–water partition coefficient (Wildman–Crippen LogP) is 1.18. The van der Waals surface area contributed by atoms with Gasteiger partial charge in [0.15, 0.2) is 0 Å². The predicted molar refractivity (Wildman–Crippen MR) is 83.0 cm³/mol. The Kier molecular flexibility index (Phi) is 7.80. The van der Waals surface area contributed by atoms with Crippen LogP contribution in [-0.2, 0) is 6.54 Å². The summed E-state index contributed by atoms with van der Waals surface area (Å²) in [5.74, 6) is 0. The maximum Gasteiger partial charge on any atom is 0.0791 e. The number of nitrogens with one attached hydrogen (secondary N) is 1. The van der Waals surface area contributed by atoms with E-state index < -0.39 is 0 Å². The zero-order valence-corrected chi connectivity index (χ0v) is 13.4. The van der Waals surface area contributed by atoms with E-state index in [1.54, 1.807) is 0 Å². The van der Waals surface area contributed by atoms with Crippen molar-refractivity contribution in [2.45, 2.75) is 46.8 Å². The zero-order valence-electron chi connectivity index (χ0n) is 13.4. The second-order valence-electron chi connectivity index (χ2n) is 5.35. The summed E-state index contributed by atoms with van der Waals surface area (Å²) in [7, 11) is 0. The first-order chi connectivity index (χ1) is 9.56. The first-order valence-electron chi connectivity index (χ1n) is 7.69. The van der Waals surface area contributed by atoms with Crippen molar-refractivity contribution in [2.75, 3.05) is 32.7 Å². The molecule has 0 aromatic carbocycles. The van der Waals surface area contributed by atoms with Crippen LogP contribution in [0.25, 0.3) is 0 Å². The van der Waals surface area contributed by atoms with Crippen LogP contribution in [0.3, 0.4) is 0 Å². The number of aryl methyl sites for hydroxylation is 3. The summed E-state index contributed by atoms with van der Waals surface area (Å²) in [6.45, 7) is 13.6. The van der Waals surface area contributed by atoms with Crippen LogP contribution in [-0.4, -0.2) is 58.6 Å². The molecule has 2 N–H and O–H groups in total. The van der Waals surface area contributed by atoms with Gasteiger partial charge in [0.2, 0.25) is 0 Å². The summed E-state index contributed by atoms with van der Waals surface area (Å²) in [5, 5.41) is 17.7. The molecule has 0 saturated heterocycles. The number of aliphatic hydroxyl groups excluding tert-OH is 1. The van der Waals surface area contributed by atoms with Crippen molar-refractivity contribution < 1.29 is 5.11 Å². The first kappa shape index (κ1) is 17.1. The van der Waals surface area contributed by atoms with Crippen molar-refractivity contribution in [3.05, 3.63) is 17.5 Å². The van der Waals surface area contributed by atoms with E-state index >= 15 is 0 Å². The summed E-state index contributed by atoms with van der Waals surface area (Å²) in [5.41, 5.74) is 2.29. The molecule has 0 saturated carbocycles. The number of nitrogens with zero attached hydrogens (tertiary/aromatic N) is 3. The van der Waals surface area contributed by atoms with Crippen LogP contribution in [0, 0.1) is 13.8 Å². The molecular formula is C15H30N4O. The molecule has 5 heteroatoms.